The SMILES string of the molecule is COc1ccc(CN2CCCCC[C@H]2c2cccs2)c(OC)c1. The molecule has 1 saturated heterocycles. The predicted molar refractivity (Wildman–Crippen MR) is 95.5 cm³/mol. The summed E-state index contributed by atoms with van der Waals surface area (Å²) in [5, 5.41) is 2.19. The minimum Gasteiger partial charge on any atom is -0.497 e. The van der Waals surface area contributed by atoms with Gasteiger partial charge in [-0.25, -0.2) is 0 Å². The molecule has 23 heavy (non-hydrogen) atoms. The van der Waals surface area contributed by atoms with Gasteiger partial charge in [0.2, 0.25) is 0 Å². The second-order valence-corrected chi connectivity index (χ2v) is 7.01. The second kappa shape index (κ2) is 7.84. The lowest BCUT2D eigenvalue weighted by atomic mass is 10.1. The lowest BCUT2D eigenvalue weighted by Crippen LogP contribution is -2.27. The Bertz CT molecular complexity index is 612. The maximum absolute atomic E-state index is 5.58. The number of benzene rings is 1. The van der Waals surface area contributed by atoms with Gasteiger partial charge in [-0.3, -0.25) is 4.90 Å². The van der Waals surface area contributed by atoms with E-state index in [0.29, 0.717) is 6.04 Å². The van der Waals surface area contributed by atoms with Crippen molar-refractivity contribution in [2.24, 2.45) is 0 Å². The highest BCUT2D eigenvalue weighted by atomic mass is 32.1. The standard InChI is InChI=1S/C19H25NO2S/c1-21-16-10-9-15(18(13-16)22-2)14-20-11-5-3-4-7-17(20)19-8-6-12-23-19/h6,8-10,12-13,17H,3-5,7,11,14H2,1-2H3/t17-/m0/s1. The van der Waals surface area contributed by atoms with Crippen LogP contribution in [0.4, 0.5) is 0 Å². The monoisotopic (exact) mass is 331 g/mol. The summed E-state index contributed by atoms with van der Waals surface area (Å²) in [6.07, 6.45) is 5.18. The fraction of sp³-hybridized carbons (Fsp3) is 0.474. The summed E-state index contributed by atoms with van der Waals surface area (Å²) < 4.78 is 10.9. The van der Waals surface area contributed by atoms with Crippen molar-refractivity contribution in [1.82, 2.24) is 4.90 Å². The first-order valence-electron chi connectivity index (χ1n) is 8.30. The van der Waals surface area contributed by atoms with Gasteiger partial charge in [-0.1, -0.05) is 25.0 Å². The van der Waals surface area contributed by atoms with E-state index in [4.69, 9.17) is 9.47 Å². The van der Waals surface area contributed by atoms with Gasteiger partial charge < -0.3 is 9.47 Å². The average molecular weight is 331 g/mol. The molecule has 1 aromatic carbocycles. The summed E-state index contributed by atoms with van der Waals surface area (Å²) in [6.45, 7) is 2.08. The molecule has 0 aliphatic carbocycles. The van der Waals surface area contributed by atoms with Crippen LogP contribution < -0.4 is 9.47 Å². The Kier molecular flexibility index (Phi) is 5.57. The molecule has 4 heteroatoms. The molecule has 0 unspecified atom stereocenters. The summed E-state index contributed by atoms with van der Waals surface area (Å²) in [7, 11) is 3.42. The van der Waals surface area contributed by atoms with Crippen LogP contribution in [0, 0.1) is 0 Å². The second-order valence-electron chi connectivity index (χ2n) is 6.03. The lowest BCUT2D eigenvalue weighted by molar-refractivity contribution is 0.193. The highest BCUT2D eigenvalue weighted by Gasteiger charge is 2.24. The van der Waals surface area contributed by atoms with Crippen LogP contribution in [0.2, 0.25) is 0 Å². The van der Waals surface area contributed by atoms with E-state index in [0.717, 1.165) is 24.6 Å². The smallest absolute Gasteiger partial charge is 0.127 e. The topological polar surface area (TPSA) is 21.7 Å². The summed E-state index contributed by atoms with van der Waals surface area (Å²) >= 11 is 1.88. The number of likely N-dealkylation sites (tertiary alicyclic amines) is 1. The van der Waals surface area contributed by atoms with Crippen LogP contribution in [0.15, 0.2) is 35.7 Å². The van der Waals surface area contributed by atoms with Crippen LogP contribution in [0.3, 0.4) is 0 Å². The van der Waals surface area contributed by atoms with E-state index in [-0.39, 0.29) is 0 Å². The Morgan fingerprint density at radius 1 is 1.13 bits per heavy atom. The molecular formula is C19H25NO2S. The molecule has 0 radical (unpaired) electrons. The van der Waals surface area contributed by atoms with Crippen LogP contribution in [0.25, 0.3) is 0 Å². The zero-order valence-electron chi connectivity index (χ0n) is 14.0. The van der Waals surface area contributed by atoms with Crippen molar-refractivity contribution in [1.29, 1.82) is 0 Å². The third kappa shape index (κ3) is 3.88. The number of ether oxygens (including phenoxy) is 2. The molecule has 1 aliphatic heterocycles. The van der Waals surface area contributed by atoms with Crippen molar-refractivity contribution >= 4 is 11.3 Å². The highest BCUT2D eigenvalue weighted by Crippen LogP contribution is 2.35. The molecule has 0 amide bonds. The minimum absolute atomic E-state index is 0.532. The molecule has 2 heterocycles. The van der Waals surface area contributed by atoms with Gasteiger partial charge in [0.1, 0.15) is 11.5 Å². The van der Waals surface area contributed by atoms with E-state index in [1.54, 1.807) is 14.2 Å². The maximum Gasteiger partial charge on any atom is 0.127 e. The van der Waals surface area contributed by atoms with Crippen molar-refractivity contribution in [2.75, 3.05) is 20.8 Å². The van der Waals surface area contributed by atoms with E-state index in [1.165, 1.54) is 36.1 Å². The molecule has 0 spiro atoms. The molecule has 1 fully saturated rings. The number of thiophene rings is 1. The first-order valence-corrected chi connectivity index (χ1v) is 9.18. The summed E-state index contributed by atoms with van der Waals surface area (Å²) in [4.78, 5) is 4.10. The number of nitrogens with zero attached hydrogens (tertiary/aromatic N) is 1. The zero-order chi connectivity index (χ0) is 16.1. The molecule has 3 nitrogen and oxygen atoms in total. The molecule has 1 atom stereocenters. The van der Waals surface area contributed by atoms with Crippen molar-refractivity contribution in [2.45, 2.75) is 38.3 Å². The predicted octanol–water partition coefficient (Wildman–Crippen LogP) is 4.88. The van der Waals surface area contributed by atoms with Gasteiger partial charge in [-0.05, 0) is 36.9 Å². The highest BCUT2D eigenvalue weighted by molar-refractivity contribution is 7.10. The summed E-state index contributed by atoms with van der Waals surface area (Å²) in [5.74, 6) is 1.76. The molecule has 1 aliphatic rings. The van der Waals surface area contributed by atoms with E-state index in [2.05, 4.69) is 28.5 Å². The molecule has 0 saturated carbocycles. The van der Waals surface area contributed by atoms with E-state index < -0.39 is 0 Å². The zero-order valence-corrected chi connectivity index (χ0v) is 14.8. The van der Waals surface area contributed by atoms with E-state index in [9.17, 15) is 0 Å². The summed E-state index contributed by atoms with van der Waals surface area (Å²) in [6, 6.07) is 11.1. The van der Waals surface area contributed by atoms with E-state index >= 15 is 0 Å². The molecule has 2 aromatic rings. The Labute approximate surface area is 142 Å². The normalized spacial score (nSPS) is 19.3. The Morgan fingerprint density at radius 3 is 2.78 bits per heavy atom. The van der Waals surface area contributed by atoms with Crippen LogP contribution in [0.5, 0.6) is 11.5 Å². The fourth-order valence-electron chi connectivity index (χ4n) is 3.36. The minimum atomic E-state index is 0.532. The third-order valence-electron chi connectivity index (χ3n) is 4.60. The lowest BCUT2D eigenvalue weighted by Gasteiger charge is -2.30. The van der Waals surface area contributed by atoms with Gasteiger partial charge in [0.05, 0.1) is 14.2 Å². The quantitative estimate of drug-likeness (QED) is 0.779. The molecule has 124 valence electrons. The molecule has 0 bridgehead atoms. The molecule has 0 N–H and O–H groups in total. The van der Waals surface area contributed by atoms with Crippen molar-refractivity contribution < 1.29 is 9.47 Å². The van der Waals surface area contributed by atoms with Gasteiger partial charge in [-0.15, -0.1) is 11.3 Å². The van der Waals surface area contributed by atoms with Crippen molar-refractivity contribution in [3.05, 3.63) is 46.2 Å². The number of hydrogen-bond donors (Lipinski definition) is 0. The van der Waals surface area contributed by atoms with Crippen molar-refractivity contribution in [3.8, 4) is 11.5 Å². The van der Waals surface area contributed by atoms with Crippen LogP contribution in [-0.2, 0) is 6.54 Å². The molecule has 1 aromatic heterocycles. The number of hydrogen-bond acceptors (Lipinski definition) is 4. The van der Waals surface area contributed by atoms with Gasteiger partial charge in [0.25, 0.3) is 0 Å². The van der Waals surface area contributed by atoms with Crippen LogP contribution in [-0.4, -0.2) is 25.7 Å². The first-order chi connectivity index (χ1) is 11.3. The van der Waals surface area contributed by atoms with Crippen molar-refractivity contribution in [3.63, 3.8) is 0 Å². The largest absolute Gasteiger partial charge is 0.497 e. The maximum atomic E-state index is 5.58. The Balaban J connectivity index is 1.83. The first kappa shape index (κ1) is 16.3. The third-order valence-corrected chi connectivity index (χ3v) is 5.58. The van der Waals surface area contributed by atoms with Gasteiger partial charge in [0, 0.05) is 29.1 Å². The summed E-state index contributed by atoms with van der Waals surface area (Å²) in [5.41, 5.74) is 1.23. The van der Waals surface area contributed by atoms with Gasteiger partial charge in [0.15, 0.2) is 0 Å². The fourth-order valence-corrected chi connectivity index (χ4v) is 4.26. The molecular weight excluding hydrogens is 306 g/mol. The molecule has 3 rings (SSSR count). The average Bonchev–Trinajstić information content (AvgIpc) is 3.02. The number of rotatable bonds is 5. The van der Waals surface area contributed by atoms with Gasteiger partial charge >= 0.3 is 0 Å². The van der Waals surface area contributed by atoms with E-state index in [1.807, 2.05) is 23.5 Å². The Morgan fingerprint density at radius 2 is 2.04 bits per heavy atom. The van der Waals surface area contributed by atoms with Gasteiger partial charge in [-0.2, -0.15) is 0 Å². The Hall–Kier alpha value is -1.52. The van der Waals surface area contributed by atoms with Crippen LogP contribution in [0.1, 0.15) is 42.2 Å². The number of methoxy groups -OCH3 is 2. The van der Waals surface area contributed by atoms with Crippen LogP contribution >= 0.6 is 11.3 Å².